The predicted molar refractivity (Wildman–Crippen MR) is 128 cm³/mol. The number of hydrogen-bond acceptors (Lipinski definition) is 5. The van der Waals surface area contributed by atoms with E-state index in [1.807, 2.05) is 29.8 Å². The normalized spacial score (nSPS) is 15.6. The molecule has 0 bridgehead atoms. The maximum Gasteiger partial charge on any atom is 0.181 e. The summed E-state index contributed by atoms with van der Waals surface area (Å²) in [5, 5.41) is 12.1. The van der Waals surface area contributed by atoms with Gasteiger partial charge in [0.25, 0.3) is 0 Å². The molecule has 1 atom stereocenters. The lowest BCUT2D eigenvalue weighted by atomic mass is 9.60. The van der Waals surface area contributed by atoms with Crippen molar-refractivity contribution in [1.29, 1.82) is 0 Å². The molecule has 0 saturated heterocycles. The Labute approximate surface area is 194 Å². The Morgan fingerprint density at radius 1 is 0.970 bits per heavy atom. The van der Waals surface area contributed by atoms with Gasteiger partial charge in [0.05, 0.1) is 5.69 Å². The van der Waals surface area contributed by atoms with Crippen molar-refractivity contribution in [2.75, 3.05) is 0 Å². The van der Waals surface area contributed by atoms with Gasteiger partial charge < -0.3 is 4.74 Å². The molecule has 0 radical (unpaired) electrons. The Kier molecular flexibility index (Phi) is 5.90. The summed E-state index contributed by atoms with van der Waals surface area (Å²) in [6.45, 7) is 5.65. The fourth-order valence-electron chi connectivity index (χ4n) is 4.75. The topological polar surface area (TPSA) is 65.7 Å². The van der Waals surface area contributed by atoms with Crippen LogP contribution in [-0.4, -0.2) is 25.2 Å². The number of pyridine rings is 1. The van der Waals surface area contributed by atoms with Crippen molar-refractivity contribution in [2.24, 2.45) is 5.92 Å². The minimum absolute atomic E-state index is 0.0486. The first-order valence-corrected chi connectivity index (χ1v) is 11.7. The zero-order valence-corrected chi connectivity index (χ0v) is 19.2. The summed E-state index contributed by atoms with van der Waals surface area (Å²) in [6, 6.07) is 23.3. The fraction of sp³-hybridized carbons (Fsp3) is 0.333. The van der Waals surface area contributed by atoms with Crippen molar-refractivity contribution in [1.82, 2.24) is 25.2 Å². The lowest BCUT2D eigenvalue weighted by molar-refractivity contribution is 0.211. The monoisotopic (exact) mass is 439 g/mol. The summed E-state index contributed by atoms with van der Waals surface area (Å²) in [5.74, 6) is 2.30. The third-order valence-corrected chi connectivity index (χ3v) is 7.06. The summed E-state index contributed by atoms with van der Waals surface area (Å²) in [4.78, 5) is 4.33. The zero-order chi connectivity index (χ0) is 22.7. The largest absolute Gasteiger partial charge is 0.487 e. The van der Waals surface area contributed by atoms with Crippen LogP contribution in [0.2, 0.25) is 0 Å². The molecule has 1 unspecified atom stereocenters. The average molecular weight is 440 g/mol. The Morgan fingerprint density at radius 2 is 1.70 bits per heavy atom. The predicted octanol–water partition coefficient (Wildman–Crippen LogP) is 5.44. The molecular formula is C27H29N5O. The van der Waals surface area contributed by atoms with Gasteiger partial charge in [0.15, 0.2) is 5.82 Å². The maximum atomic E-state index is 5.96. The molecule has 33 heavy (non-hydrogen) atoms. The highest BCUT2D eigenvalue weighted by molar-refractivity contribution is 5.56. The smallest absolute Gasteiger partial charge is 0.181 e. The molecule has 6 nitrogen and oxygen atoms in total. The SMILES string of the molecule is CCn1nnnc1-c1ccc(C(C)(c2ccc(OCc3ccccn3)cc2)C2CCC2)cc1. The number of aromatic nitrogens is 5. The molecule has 4 aromatic rings. The molecule has 1 fully saturated rings. The molecule has 5 rings (SSSR count). The Hall–Kier alpha value is -3.54. The lowest BCUT2D eigenvalue weighted by Gasteiger charge is -2.44. The van der Waals surface area contributed by atoms with Crippen LogP contribution in [0.1, 0.15) is 49.9 Å². The molecule has 2 aromatic carbocycles. The highest BCUT2D eigenvalue weighted by Crippen LogP contribution is 2.48. The minimum Gasteiger partial charge on any atom is -0.487 e. The summed E-state index contributed by atoms with van der Waals surface area (Å²) < 4.78 is 7.78. The van der Waals surface area contributed by atoms with E-state index < -0.39 is 0 Å². The van der Waals surface area contributed by atoms with Gasteiger partial charge in [-0.1, -0.05) is 55.8 Å². The molecule has 6 heteroatoms. The molecule has 0 N–H and O–H groups in total. The van der Waals surface area contributed by atoms with Crippen LogP contribution in [0.4, 0.5) is 0 Å². The first-order chi connectivity index (χ1) is 16.2. The highest BCUT2D eigenvalue weighted by Gasteiger charge is 2.40. The Bertz CT molecular complexity index is 1180. The van der Waals surface area contributed by atoms with Crippen LogP contribution >= 0.6 is 0 Å². The number of hydrogen-bond donors (Lipinski definition) is 0. The second kappa shape index (κ2) is 9.14. The van der Waals surface area contributed by atoms with Gasteiger partial charge in [-0.2, -0.15) is 0 Å². The summed E-state index contributed by atoms with van der Waals surface area (Å²) in [5.41, 5.74) is 4.57. The molecule has 1 aliphatic rings. The van der Waals surface area contributed by atoms with E-state index in [-0.39, 0.29) is 5.41 Å². The van der Waals surface area contributed by atoms with Crippen LogP contribution in [0.5, 0.6) is 5.75 Å². The average Bonchev–Trinajstić information content (AvgIpc) is 3.32. The fourth-order valence-corrected chi connectivity index (χ4v) is 4.75. The van der Waals surface area contributed by atoms with Crippen LogP contribution in [0.3, 0.4) is 0 Å². The van der Waals surface area contributed by atoms with Gasteiger partial charge in [0.2, 0.25) is 0 Å². The van der Waals surface area contributed by atoms with Gasteiger partial charge in [-0.25, -0.2) is 4.68 Å². The van der Waals surface area contributed by atoms with Crippen molar-refractivity contribution in [3.05, 3.63) is 89.7 Å². The van der Waals surface area contributed by atoms with E-state index in [2.05, 4.69) is 76.0 Å². The second-order valence-electron chi connectivity index (χ2n) is 8.86. The molecule has 1 aliphatic carbocycles. The summed E-state index contributed by atoms with van der Waals surface area (Å²) in [7, 11) is 0. The van der Waals surface area contributed by atoms with E-state index in [0.717, 1.165) is 29.4 Å². The van der Waals surface area contributed by atoms with Gasteiger partial charge in [0, 0.05) is 23.7 Å². The van der Waals surface area contributed by atoms with Gasteiger partial charge in [-0.05, 0) is 71.5 Å². The standard InChI is InChI=1S/C27H29N5O/c1-3-32-26(29-30-31-32)20-10-12-22(13-11-20)27(2,21-7-6-8-21)23-14-16-25(17-15-23)33-19-24-9-4-5-18-28-24/h4-5,9-18,21H,3,6-8,19H2,1-2H3. The number of nitrogens with zero attached hydrogens (tertiary/aromatic N) is 5. The summed E-state index contributed by atoms with van der Waals surface area (Å²) >= 11 is 0. The van der Waals surface area contributed by atoms with E-state index >= 15 is 0 Å². The number of benzene rings is 2. The van der Waals surface area contributed by atoms with E-state index in [4.69, 9.17) is 4.74 Å². The molecule has 2 aromatic heterocycles. The first kappa shape index (κ1) is 21.3. The number of rotatable bonds is 8. The van der Waals surface area contributed by atoms with Crippen molar-refractivity contribution in [2.45, 2.75) is 51.7 Å². The molecular weight excluding hydrogens is 410 g/mol. The Morgan fingerprint density at radius 3 is 2.30 bits per heavy atom. The van der Waals surface area contributed by atoms with Crippen LogP contribution < -0.4 is 4.74 Å². The van der Waals surface area contributed by atoms with Crippen molar-refractivity contribution in [3.8, 4) is 17.1 Å². The van der Waals surface area contributed by atoms with E-state index in [1.54, 1.807) is 6.20 Å². The van der Waals surface area contributed by atoms with Gasteiger partial charge in [-0.15, -0.1) is 5.10 Å². The van der Waals surface area contributed by atoms with E-state index in [9.17, 15) is 0 Å². The first-order valence-electron chi connectivity index (χ1n) is 11.7. The van der Waals surface area contributed by atoms with Gasteiger partial charge in [0.1, 0.15) is 12.4 Å². The van der Waals surface area contributed by atoms with Crippen molar-refractivity contribution < 1.29 is 4.74 Å². The van der Waals surface area contributed by atoms with Crippen molar-refractivity contribution >= 4 is 0 Å². The van der Waals surface area contributed by atoms with Crippen LogP contribution in [-0.2, 0) is 18.6 Å². The molecule has 0 spiro atoms. The number of ether oxygens (including phenoxy) is 1. The second-order valence-corrected chi connectivity index (χ2v) is 8.86. The minimum atomic E-state index is -0.0486. The molecule has 1 saturated carbocycles. The molecule has 168 valence electrons. The van der Waals surface area contributed by atoms with Gasteiger partial charge >= 0.3 is 0 Å². The zero-order valence-electron chi connectivity index (χ0n) is 19.2. The third-order valence-electron chi connectivity index (χ3n) is 7.06. The Balaban J connectivity index is 1.39. The molecule has 2 heterocycles. The maximum absolute atomic E-state index is 5.96. The lowest BCUT2D eigenvalue weighted by Crippen LogP contribution is -2.37. The van der Waals surface area contributed by atoms with E-state index in [1.165, 1.54) is 30.4 Å². The van der Waals surface area contributed by atoms with Crippen LogP contribution in [0.25, 0.3) is 11.4 Å². The van der Waals surface area contributed by atoms with Crippen LogP contribution in [0, 0.1) is 5.92 Å². The van der Waals surface area contributed by atoms with Crippen LogP contribution in [0.15, 0.2) is 72.9 Å². The molecule has 0 amide bonds. The summed E-state index contributed by atoms with van der Waals surface area (Å²) in [6.07, 6.45) is 5.60. The quantitative estimate of drug-likeness (QED) is 0.366. The van der Waals surface area contributed by atoms with Gasteiger partial charge in [-0.3, -0.25) is 4.98 Å². The molecule has 0 aliphatic heterocycles. The highest BCUT2D eigenvalue weighted by atomic mass is 16.5. The van der Waals surface area contributed by atoms with E-state index in [0.29, 0.717) is 12.5 Å². The third kappa shape index (κ3) is 4.13. The van der Waals surface area contributed by atoms with Crippen molar-refractivity contribution in [3.63, 3.8) is 0 Å². The number of aryl methyl sites for hydroxylation is 1. The number of tetrazole rings is 1.